The third kappa shape index (κ3) is 8.39. The molecule has 0 fully saturated rings. The first-order valence-corrected chi connectivity index (χ1v) is 8.33. The van der Waals surface area contributed by atoms with Crippen LogP contribution in [0.1, 0.15) is 11.1 Å². The fourth-order valence-corrected chi connectivity index (χ4v) is 1.98. The van der Waals surface area contributed by atoms with Crippen molar-refractivity contribution < 1.29 is 14.8 Å². The maximum Gasteiger partial charge on any atom is 0.272 e. The highest BCUT2D eigenvalue weighted by atomic mass is 16.6. The second kappa shape index (κ2) is 11.5. The largest absolute Gasteiger partial charge is 0.272 e. The molecule has 0 amide bonds. The molecule has 3 rings (SSSR count). The molecule has 0 saturated carbocycles. The molecule has 0 unspecified atom stereocenters. The molecule has 0 aliphatic heterocycles. The van der Waals surface area contributed by atoms with Gasteiger partial charge >= 0.3 is 0 Å². The Balaban J connectivity index is 0.000000218. The highest BCUT2D eigenvalue weighted by Gasteiger charge is 2.06. The van der Waals surface area contributed by atoms with Gasteiger partial charge in [0.2, 0.25) is 0 Å². The average Bonchev–Trinajstić information content (AvgIpc) is 2.70. The van der Waals surface area contributed by atoms with Crippen LogP contribution in [0, 0.1) is 44.2 Å². The van der Waals surface area contributed by atoms with E-state index in [-0.39, 0.29) is 22.0 Å². The van der Waals surface area contributed by atoms with Crippen molar-refractivity contribution in [1.82, 2.24) is 0 Å². The van der Waals surface area contributed by atoms with Gasteiger partial charge in [-0.1, -0.05) is 54.1 Å². The molecule has 0 atom stereocenters. The lowest BCUT2D eigenvalue weighted by atomic mass is 10.2. The Morgan fingerprint density at radius 2 is 1.00 bits per heavy atom. The van der Waals surface area contributed by atoms with Crippen molar-refractivity contribution in [2.24, 2.45) is 0 Å². The maximum absolute atomic E-state index is 10.2. The molecule has 150 valence electrons. The molecule has 0 aliphatic carbocycles. The molecule has 9 nitrogen and oxygen atoms in total. The summed E-state index contributed by atoms with van der Waals surface area (Å²) in [6, 6.07) is 21.0. The van der Waals surface area contributed by atoms with E-state index in [4.69, 9.17) is 0 Å². The van der Waals surface area contributed by atoms with Crippen LogP contribution in [0.3, 0.4) is 0 Å². The molecule has 3 aromatic rings. The minimum atomic E-state index is -0.417. The van der Waals surface area contributed by atoms with E-state index in [1.807, 2.05) is 6.92 Å². The Morgan fingerprint density at radius 3 is 1.38 bits per heavy atom. The Morgan fingerprint density at radius 1 is 0.552 bits per heavy atom. The van der Waals surface area contributed by atoms with Crippen LogP contribution in [0.2, 0.25) is 0 Å². The quantitative estimate of drug-likeness (QED) is 0.429. The van der Waals surface area contributed by atoms with Gasteiger partial charge < -0.3 is 0 Å². The second-order valence-corrected chi connectivity index (χ2v) is 5.73. The number of hydrogen-bond donors (Lipinski definition) is 0. The van der Waals surface area contributed by atoms with Crippen molar-refractivity contribution >= 4 is 17.1 Å². The fourth-order valence-electron chi connectivity index (χ4n) is 1.98. The van der Waals surface area contributed by atoms with Crippen LogP contribution in [0.4, 0.5) is 17.1 Å². The first kappa shape index (κ1) is 22.9. The minimum Gasteiger partial charge on any atom is -0.258 e. The van der Waals surface area contributed by atoms with Crippen molar-refractivity contribution in [2.75, 3.05) is 0 Å². The van der Waals surface area contributed by atoms with E-state index in [1.54, 1.807) is 55.5 Å². The van der Waals surface area contributed by atoms with E-state index in [1.165, 1.54) is 30.3 Å². The number of hydrogen-bond acceptors (Lipinski definition) is 6. The molecular formula is C20H19N3O6. The Hall–Kier alpha value is -4.14. The molecule has 0 aliphatic rings. The molecule has 0 bridgehead atoms. The van der Waals surface area contributed by atoms with E-state index in [0.29, 0.717) is 5.56 Å². The van der Waals surface area contributed by atoms with Crippen molar-refractivity contribution in [1.29, 1.82) is 0 Å². The van der Waals surface area contributed by atoms with Crippen molar-refractivity contribution in [2.45, 2.75) is 13.8 Å². The fraction of sp³-hybridized carbons (Fsp3) is 0.100. The topological polar surface area (TPSA) is 129 Å². The number of nitrogens with zero attached hydrogens (tertiary/aromatic N) is 3. The van der Waals surface area contributed by atoms with E-state index < -0.39 is 9.85 Å². The maximum atomic E-state index is 10.2. The molecule has 0 radical (unpaired) electrons. The van der Waals surface area contributed by atoms with Crippen LogP contribution in [0.15, 0.2) is 78.9 Å². The van der Waals surface area contributed by atoms with Crippen LogP contribution in [0.5, 0.6) is 0 Å². The SMILES string of the molecule is Cc1ccc([N+](=O)[O-])cc1.Cc1ccccc1[N+](=O)[O-].O=[N+]([O-])c1ccccc1. The summed E-state index contributed by atoms with van der Waals surface area (Å²) in [5.74, 6) is 0. The van der Waals surface area contributed by atoms with E-state index in [2.05, 4.69) is 0 Å². The average molecular weight is 397 g/mol. The minimum absolute atomic E-state index is 0.137. The lowest BCUT2D eigenvalue weighted by Gasteiger charge is -1.92. The third-order valence-electron chi connectivity index (χ3n) is 3.52. The summed E-state index contributed by atoms with van der Waals surface area (Å²) in [7, 11) is 0. The molecule has 0 heterocycles. The Labute approximate surface area is 166 Å². The van der Waals surface area contributed by atoms with Crippen LogP contribution in [-0.2, 0) is 0 Å². The number of non-ortho nitro benzene ring substituents is 2. The highest BCUT2D eigenvalue weighted by molar-refractivity contribution is 5.38. The molecule has 3 aromatic carbocycles. The van der Waals surface area contributed by atoms with Gasteiger partial charge in [-0.05, 0) is 13.8 Å². The number of benzene rings is 3. The van der Waals surface area contributed by atoms with Gasteiger partial charge in [0.1, 0.15) is 0 Å². The molecular weight excluding hydrogens is 378 g/mol. The summed E-state index contributed by atoms with van der Waals surface area (Å²) in [4.78, 5) is 29.2. The number of nitro benzene ring substituents is 3. The molecule has 0 spiro atoms. The predicted octanol–water partition coefficient (Wildman–Crippen LogP) is 5.40. The van der Waals surface area contributed by atoms with Crippen LogP contribution in [0.25, 0.3) is 0 Å². The molecule has 29 heavy (non-hydrogen) atoms. The lowest BCUT2D eigenvalue weighted by Crippen LogP contribution is -1.89. The predicted molar refractivity (Wildman–Crippen MR) is 109 cm³/mol. The number of nitro groups is 3. The van der Waals surface area contributed by atoms with Gasteiger partial charge in [0.15, 0.2) is 0 Å². The Kier molecular flexibility index (Phi) is 9.12. The molecule has 0 aromatic heterocycles. The normalized spacial score (nSPS) is 9.17. The Bertz CT molecular complexity index is 959. The molecule has 0 saturated heterocycles. The van der Waals surface area contributed by atoms with Crippen LogP contribution < -0.4 is 0 Å². The van der Waals surface area contributed by atoms with Gasteiger partial charge in [0.05, 0.1) is 14.8 Å². The number of aryl methyl sites for hydroxylation is 2. The first-order valence-electron chi connectivity index (χ1n) is 8.33. The summed E-state index contributed by atoms with van der Waals surface area (Å²) in [5.41, 5.74) is 2.20. The monoisotopic (exact) mass is 397 g/mol. The van der Waals surface area contributed by atoms with Gasteiger partial charge in [-0.25, -0.2) is 0 Å². The summed E-state index contributed by atoms with van der Waals surface area (Å²) >= 11 is 0. The van der Waals surface area contributed by atoms with E-state index >= 15 is 0 Å². The van der Waals surface area contributed by atoms with Gasteiger partial charge in [-0.2, -0.15) is 0 Å². The standard InChI is InChI=1S/2C7H7NO2.C6H5NO2/c1-6-2-4-7(5-3-6)8(9)10;1-6-4-2-3-5-7(6)8(9)10;8-7(9)6-4-2-1-3-5-6/h2*2-5H,1H3;1-5H. The zero-order valence-corrected chi connectivity index (χ0v) is 15.8. The zero-order chi connectivity index (χ0) is 21.8. The van der Waals surface area contributed by atoms with Crippen molar-refractivity contribution in [3.05, 3.63) is 120 Å². The molecule has 9 heteroatoms. The summed E-state index contributed by atoms with van der Waals surface area (Å²) < 4.78 is 0. The number of para-hydroxylation sites is 2. The van der Waals surface area contributed by atoms with Gasteiger partial charge in [0, 0.05) is 35.9 Å². The van der Waals surface area contributed by atoms with Gasteiger partial charge in [-0.15, -0.1) is 0 Å². The zero-order valence-electron chi connectivity index (χ0n) is 15.8. The first-order chi connectivity index (χ1) is 13.7. The lowest BCUT2D eigenvalue weighted by molar-refractivity contribution is -0.385. The van der Waals surface area contributed by atoms with Crippen molar-refractivity contribution in [3.8, 4) is 0 Å². The van der Waals surface area contributed by atoms with Crippen LogP contribution >= 0.6 is 0 Å². The summed E-state index contributed by atoms with van der Waals surface area (Å²) in [5, 5.41) is 30.4. The van der Waals surface area contributed by atoms with Gasteiger partial charge in [0.25, 0.3) is 17.1 Å². The third-order valence-corrected chi connectivity index (χ3v) is 3.52. The second-order valence-electron chi connectivity index (χ2n) is 5.73. The van der Waals surface area contributed by atoms with Crippen molar-refractivity contribution in [3.63, 3.8) is 0 Å². The molecule has 0 N–H and O–H groups in total. The number of rotatable bonds is 3. The van der Waals surface area contributed by atoms with Crippen LogP contribution in [-0.4, -0.2) is 14.8 Å². The summed E-state index contributed by atoms with van der Waals surface area (Å²) in [6.07, 6.45) is 0. The van der Waals surface area contributed by atoms with E-state index in [0.717, 1.165) is 5.56 Å². The highest BCUT2D eigenvalue weighted by Crippen LogP contribution is 2.15. The van der Waals surface area contributed by atoms with Gasteiger partial charge in [-0.3, -0.25) is 30.3 Å². The summed E-state index contributed by atoms with van der Waals surface area (Å²) in [6.45, 7) is 3.61. The van der Waals surface area contributed by atoms with E-state index in [9.17, 15) is 30.3 Å². The smallest absolute Gasteiger partial charge is 0.258 e.